The van der Waals surface area contributed by atoms with Gasteiger partial charge in [0.15, 0.2) is 6.61 Å². The molecule has 0 fully saturated rings. The maximum Gasteiger partial charge on any atom is 0.277 e. The summed E-state index contributed by atoms with van der Waals surface area (Å²) in [7, 11) is 0. The van der Waals surface area contributed by atoms with Crippen LogP contribution in [0.15, 0.2) is 52.1 Å². The zero-order chi connectivity index (χ0) is 18.5. The van der Waals surface area contributed by atoms with Gasteiger partial charge >= 0.3 is 0 Å². The zero-order valence-electron chi connectivity index (χ0n) is 14.3. The van der Waals surface area contributed by atoms with Gasteiger partial charge in [-0.05, 0) is 42.7 Å². The molecular weight excluding hydrogens is 354 g/mol. The molecule has 0 atom stereocenters. The standard InChI is InChI=1S/C18H17N3O4S/c1-12-6-13(2)8-16(7-12)24-10-17-19-20-18(25-17)26-11-14-4-3-5-15(9-14)21(22)23/h3-9H,10-11H2,1-2H3. The number of benzene rings is 2. The van der Waals surface area contributed by atoms with Crippen molar-refractivity contribution in [2.75, 3.05) is 0 Å². The van der Waals surface area contributed by atoms with Gasteiger partial charge in [0.2, 0.25) is 0 Å². The molecule has 2 aromatic carbocycles. The van der Waals surface area contributed by atoms with Crippen LogP contribution in [0.4, 0.5) is 5.69 Å². The van der Waals surface area contributed by atoms with Gasteiger partial charge in [0, 0.05) is 17.9 Å². The highest BCUT2D eigenvalue weighted by atomic mass is 32.2. The smallest absolute Gasteiger partial charge is 0.277 e. The van der Waals surface area contributed by atoms with Crippen molar-refractivity contribution in [3.05, 3.63) is 75.2 Å². The largest absolute Gasteiger partial charge is 0.484 e. The molecule has 0 aliphatic carbocycles. The van der Waals surface area contributed by atoms with E-state index in [-0.39, 0.29) is 12.3 Å². The Morgan fingerprint density at radius 2 is 1.92 bits per heavy atom. The van der Waals surface area contributed by atoms with Crippen molar-refractivity contribution in [3.63, 3.8) is 0 Å². The molecule has 0 unspecified atom stereocenters. The highest BCUT2D eigenvalue weighted by molar-refractivity contribution is 7.98. The summed E-state index contributed by atoms with van der Waals surface area (Å²) in [4.78, 5) is 10.4. The van der Waals surface area contributed by atoms with E-state index in [9.17, 15) is 10.1 Å². The van der Waals surface area contributed by atoms with Crippen molar-refractivity contribution in [1.29, 1.82) is 0 Å². The van der Waals surface area contributed by atoms with E-state index in [1.165, 1.54) is 23.9 Å². The number of non-ortho nitro benzene ring substituents is 1. The molecule has 0 aliphatic heterocycles. The molecule has 26 heavy (non-hydrogen) atoms. The molecule has 3 aromatic rings. The van der Waals surface area contributed by atoms with Crippen molar-refractivity contribution in [1.82, 2.24) is 10.2 Å². The topological polar surface area (TPSA) is 91.3 Å². The number of thioether (sulfide) groups is 1. The second-order valence-corrected chi connectivity index (χ2v) is 6.72. The maximum absolute atomic E-state index is 10.8. The van der Waals surface area contributed by atoms with Crippen LogP contribution in [0, 0.1) is 24.0 Å². The molecule has 0 bridgehead atoms. The molecular formula is C18H17N3O4S. The second kappa shape index (κ2) is 8.01. The molecule has 0 aliphatic rings. The average Bonchev–Trinajstić information content (AvgIpc) is 3.05. The Hall–Kier alpha value is -2.87. The van der Waals surface area contributed by atoms with Crippen LogP contribution in [0.25, 0.3) is 0 Å². The third-order valence-corrected chi connectivity index (χ3v) is 4.38. The lowest BCUT2D eigenvalue weighted by Gasteiger charge is -2.05. The first-order valence-electron chi connectivity index (χ1n) is 7.89. The number of nitrogens with zero attached hydrogens (tertiary/aromatic N) is 3. The third-order valence-electron chi connectivity index (χ3n) is 3.49. The van der Waals surface area contributed by atoms with Crippen molar-refractivity contribution in [3.8, 4) is 5.75 Å². The van der Waals surface area contributed by atoms with E-state index in [1.807, 2.05) is 32.0 Å². The Morgan fingerprint density at radius 1 is 1.15 bits per heavy atom. The lowest BCUT2D eigenvalue weighted by Crippen LogP contribution is -1.96. The Bertz CT molecular complexity index is 906. The Labute approximate surface area is 154 Å². The van der Waals surface area contributed by atoms with Crippen LogP contribution in [0.3, 0.4) is 0 Å². The molecule has 7 nitrogen and oxygen atoms in total. The Kier molecular flexibility index (Phi) is 5.52. The summed E-state index contributed by atoms with van der Waals surface area (Å²) in [6.45, 7) is 4.21. The summed E-state index contributed by atoms with van der Waals surface area (Å²) in [5, 5.41) is 19.1. The highest BCUT2D eigenvalue weighted by Crippen LogP contribution is 2.24. The van der Waals surface area contributed by atoms with Crippen molar-refractivity contribution < 1.29 is 14.1 Å². The van der Waals surface area contributed by atoms with E-state index in [2.05, 4.69) is 16.3 Å². The molecule has 1 heterocycles. The SMILES string of the molecule is Cc1cc(C)cc(OCc2nnc(SCc3cccc([N+](=O)[O-])c3)o2)c1. The normalized spacial score (nSPS) is 10.7. The van der Waals surface area contributed by atoms with Crippen LogP contribution in [0.1, 0.15) is 22.6 Å². The van der Waals surface area contributed by atoms with Crippen LogP contribution in [0.2, 0.25) is 0 Å². The third kappa shape index (κ3) is 4.82. The number of rotatable bonds is 7. The van der Waals surface area contributed by atoms with E-state index in [0.717, 1.165) is 22.4 Å². The fourth-order valence-electron chi connectivity index (χ4n) is 2.42. The maximum atomic E-state index is 10.8. The van der Waals surface area contributed by atoms with Gasteiger partial charge in [-0.1, -0.05) is 30.0 Å². The van der Waals surface area contributed by atoms with Crippen molar-refractivity contribution in [2.45, 2.75) is 31.4 Å². The van der Waals surface area contributed by atoms with E-state index in [4.69, 9.17) is 9.15 Å². The summed E-state index contributed by atoms with van der Waals surface area (Å²) in [5.41, 5.74) is 3.13. The number of nitro groups is 1. The number of aromatic nitrogens is 2. The molecule has 0 spiro atoms. The molecule has 0 N–H and O–H groups in total. The minimum Gasteiger partial charge on any atom is -0.484 e. The summed E-state index contributed by atoms with van der Waals surface area (Å²) < 4.78 is 11.2. The van der Waals surface area contributed by atoms with E-state index >= 15 is 0 Å². The quantitative estimate of drug-likeness (QED) is 0.344. The minimum absolute atomic E-state index is 0.0659. The molecule has 0 amide bonds. The van der Waals surface area contributed by atoms with Crippen LogP contribution in [-0.4, -0.2) is 15.1 Å². The molecule has 8 heteroatoms. The summed E-state index contributed by atoms with van der Waals surface area (Å²) in [5.74, 6) is 1.64. The van der Waals surface area contributed by atoms with Crippen LogP contribution < -0.4 is 4.74 Å². The van der Waals surface area contributed by atoms with E-state index in [0.29, 0.717) is 16.9 Å². The van der Waals surface area contributed by atoms with Gasteiger partial charge in [0.05, 0.1) is 4.92 Å². The number of nitro benzene ring substituents is 1. The molecule has 0 saturated heterocycles. The fraction of sp³-hybridized carbons (Fsp3) is 0.222. The summed E-state index contributed by atoms with van der Waals surface area (Å²) >= 11 is 1.32. The first-order valence-corrected chi connectivity index (χ1v) is 8.88. The number of hydrogen-bond acceptors (Lipinski definition) is 7. The summed E-state index contributed by atoms with van der Waals surface area (Å²) in [6, 6.07) is 12.4. The summed E-state index contributed by atoms with van der Waals surface area (Å²) in [6.07, 6.45) is 0. The number of ether oxygens (including phenoxy) is 1. The first kappa shape index (κ1) is 17.9. The first-order chi connectivity index (χ1) is 12.5. The van der Waals surface area contributed by atoms with Crippen LogP contribution >= 0.6 is 11.8 Å². The van der Waals surface area contributed by atoms with Gasteiger partial charge in [0.25, 0.3) is 16.8 Å². The van der Waals surface area contributed by atoms with Crippen LogP contribution in [0.5, 0.6) is 5.75 Å². The average molecular weight is 371 g/mol. The molecule has 0 saturated carbocycles. The van der Waals surface area contributed by atoms with Crippen LogP contribution in [-0.2, 0) is 12.4 Å². The second-order valence-electron chi connectivity index (χ2n) is 5.79. The zero-order valence-corrected chi connectivity index (χ0v) is 15.2. The van der Waals surface area contributed by atoms with Crippen molar-refractivity contribution >= 4 is 17.4 Å². The molecule has 134 valence electrons. The lowest BCUT2D eigenvalue weighted by atomic mass is 10.1. The van der Waals surface area contributed by atoms with E-state index < -0.39 is 4.92 Å². The predicted octanol–water partition coefficient (Wildman–Crippen LogP) is 4.47. The monoisotopic (exact) mass is 371 g/mol. The number of hydrogen-bond donors (Lipinski definition) is 0. The fourth-order valence-corrected chi connectivity index (χ4v) is 3.14. The van der Waals surface area contributed by atoms with Gasteiger partial charge in [-0.3, -0.25) is 10.1 Å². The van der Waals surface area contributed by atoms with Gasteiger partial charge < -0.3 is 9.15 Å². The van der Waals surface area contributed by atoms with Gasteiger partial charge in [-0.2, -0.15) is 0 Å². The van der Waals surface area contributed by atoms with Gasteiger partial charge in [-0.25, -0.2) is 0 Å². The minimum atomic E-state index is -0.413. The van der Waals surface area contributed by atoms with Gasteiger partial charge in [-0.15, -0.1) is 10.2 Å². The lowest BCUT2D eigenvalue weighted by molar-refractivity contribution is -0.384. The van der Waals surface area contributed by atoms with Gasteiger partial charge in [0.1, 0.15) is 5.75 Å². The molecule has 3 rings (SSSR count). The Balaban J connectivity index is 1.56. The molecule has 0 radical (unpaired) electrons. The highest BCUT2D eigenvalue weighted by Gasteiger charge is 2.10. The predicted molar refractivity (Wildman–Crippen MR) is 97.2 cm³/mol. The Morgan fingerprint density at radius 3 is 2.65 bits per heavy atom. The number of aryl methyl sites for hydroxylation is 2. The molecule has 1 aromatic heterocycles. The van der Waals surface area contributed by atoms with E-state index in [1.54, 1.807) is 6.07 Å². The van der Waals surface area contributed by atoms with Crippen molar-refractivity contribution in [2.24, 2.45) is 0 Å².